The van der Waals surface area contributed by atoms with E-state index >= 15 is 0 Å². The molecule has 8 heterocycles. The van der Waals surface area contributed by atoms with E-state index in [0.717, 1.165) is 0 Å². The molecule has 0 spiro atoms. The first-order chi connectivity index (χ1) is 20.6. The fourth-order valence-corrected chi connectivity index (χ4v) is 13.8. The summed E-state index contributed by atoms with van der Waals surface area (Å²) in [7, 11) is 0. The van der Waals surface area contributed by atoms with Gasteiger partial charge in [0.1, 0.15) is 0 Å². The average Bonchev–Trinajstić information content (AvgIpc) is 3.81. The zero-order chi connectivity index (χ0) is 28.2. The van der Waals surface area contributed by atoms with Gasteiger partial charge >= 0.3 is 0 Å². The van der Waals surface area contributed by atoms with Crippen LogP contribution in [0.15, 0.2) is 97.1 Å². The van der Waals surface area contributed by atoms with E-state index in [1.165, 1.54) is 67.0 Å². The van der Waals surface area contributed by atoms with Gasteiger partial charge in [0.05, 0.1) is 10.5 Å². The molecule has 208 valence electrons. The molecule has 0 amide bonds. The molecule has 6 aromatic rings. The molecule has 42 heavy (non-hydrogen) atoms. The van der Waals surface area contributed by atoms with Gasteiger partial charge in [0, 0.05) is 67.0 Å². The van der Waals surface area contributed by atoms with Crippen LogP contribution in [0, 0.1) is 22.9 Å². The molecule has 2 atom stereocenters. The van der Waals surface area contributed by atoms with E-state index < -0.39 is 0 Å². The molecular formula is C34H24S8. The second kappa shape index (κ2) is 11.6. The van der Waals surface area contributed by atoms with Crippen LogP contribution >= 0.6 is 91.5 Å². The average molecular weight is 689 g/mol. The van der Waals surface area contributed by atoms with Crippen LogP contribution in [0.25, 0.3) is 29.3 Å². The summed E-state index contributed by atoms with van der Waals surface area (Å²) < 4.78 is 5.45. The van der Waals surface area contributed by atoms with E-state index in [0.29, 0.717) is 10.5 Å². The van der Waals surface area contributed by atoms with E-state index in [2.05, 4.69) is 111 Å². The summed E-state index contributed by atoms with van der Waals surface area (Å²) >= 11 is 15.4. The minimum atomic E-state index is 0.406. The normalized spacial score (nSPS) is 21.7. The smallest absolute Gasteiger partial charge is 0.0622 e. The summed E-state index contributed by atoms with van der Waals surface area (Å²) in [4.78, 5) is 13.9. The Kier molecular flexibility index (Phi) is 7.61. The highest BCUT2D eigenvalue weighted by Crippen LogP contribution is 2.48. The molecule has 2 aliphatic heterocycles. The molecule has 0 radical (unpaired) electrons. The second-order valence-electron chi connectivity index (χ2n) is 10.1. The number of rotatable bonds is 4. The Balaban J connectivity index is 1.02. The molecule has 2 aliphatic rings. The van der Waals surface area contributed by atoms with Crippen molar-refractivity contribution in [3.63, 3.8) is 0 Å². The maximum absolute atomic E-state index is 2.37. The van der Waals surface area contributed by atoms with E-state index in [9.17, 15) is 0 Å². The lowest BCUT2D eigenvalue weighted by atomic mass is 10.3. The predicted octanol–water partition coefficient (Wildman–Crippen LogP) is 11.6. The van der Waals surface area contributed by atoms with Crippen molar-refractivity contribution in [2.24, 2.45) is 0 Å². The van der Waals surface area contributed by atoms with Crippen LogP contribution in [-0.2, 0) is 0 Å². The molecule has 0 saturated heterocycles. The van der Waals surface area contributed by atoms with Gasteiger partial charge in [-0.05, 0) is 98.8 Å². The number of aryl methyl sites for hydroxylation is 2. The van der Waals surface area contributed by atoms with Gasteiger partial charge in [0.25, 0.3) is 0 Å². The first-order valence-electron chi connectivity index (χ1n) is 13.5. The molecule has 0 saturated carbocycles. The molecule has 0 N–H and O–H groups in total. The summed E-state index contributed by atoms with van der Waals surface area (Å²) in [5, 5.41) is 0.811. The van der Waals surface area contributed by atoms with Gasteiger partial charge in [-0.1, -0.05) is 12.2 Å². The number of thioether (sulfide) groups is 2. The van der Waals surface area contributed by atoms with Crippen LogP contribution in [0.4, 0.5) is 0 Å². The van der Waals surface area contributed by atoms with Crippen LogP contribution in [0.5, 0.6) is 0 Å². The fraction of sp³-hybridized carbons (Fsp3) is 0.118. The van der Waals surface area contributed by atoms with E-state index in [-0.39, 0.29) is 0 Å². The van der Waals surface area contributed by atoms with Gasteiger partial charge < -0.3 is 0 Å². The van der Waals surface area contributed by atoms with Crippen molar-refractivity contribution in [2.75, 3.05) is 0 Å². The van der Waals surface area contributed by atoms with Crippen molar-refractivity contribution in [3.05, 3.63) is 135 Å². The lowest BCUT2D eigenvalue weighted by Crippen LogP contribution is -1.92. The largest absolute Gasteiger partial charge is 0.140 e. The third-order valence-corrected chi connectivity index (χ3v) is 17.3. The monoisotopic (exact) mass is 688 g/mol. The zero-order valence-electron chi connectivity index (χ0n) is 22.7. The van der Waals surface area contributed by atoms with E-state index in [1.54, 1.807) is 0 Å². The minimum Gasteiger partial charge on any atom is -0.140 e. The third kappa shape index (κ3) is 5.46. The molecule has 0 fully saturated rings. The van der Waals surface area contributed by atoms with Gasteiger partial charge in [-0.25, -0.2) is 0 Å². The highest BCUT2D eigenvalue weighted by molar-refractivity contribution is 8.09. The zero-order valence-corrected chi connectivity index (χ0v) is 29.2. The molecule has 0 aliphatic carbocycles. The maximum Gasteiger partial charge on any atom is 0.0622 e. The lowest BCUT2D eigenvalue weighted by Gasteiger charge is -2.03. The first-order valence-corrected chi connectivity index (χ1v) is 20.2. The Morgan fingerprint density at radius 2 is 0.810 bits per heavy atom. The number of hydrogen-bond donors (Lipinski definition) is 0. The topological polar surface area (TPSA) is 0 Å². The molecule has 0 aromatic carbocycles. The van der Waals surface area contributed by atoms with Crippen LogP contribution in [0.1, 0.15) is 30.0 Å². The van der Waals surface area contributed by atoms with E-state index in [4.69, 9.17) is 0 Å². The molecule has 6 aromatic heterocycles. The van der Waals surface area contributed by atoms with Crippen LogP contribution in [0.2, 0.25) is 0 Å². The summed E-state index contributed by atoms with van der Waals surface area (Å²) in [6.45, 7) is 4.36. The Morgan fingerprint density at radius 3 is 1.24 bits per heavy atom. The predicted molar refractivity (Wildman–Crippen MR) is 196 cm³/mol. The van der Waals surface area contributed by atoms with Crippen molar-refractivity contribution < 1.29 is 0 Å². The molecular weight excluding hydrogens is 665 g/mol. The Labute approximate surface area is 277 Å². The quantitative estimate of drug-likeness (QED) is 0.181. The van der Waals surface area contributed by atoms with Crippen molar-refractivity contribution >= 4 is 101 Å². The van der Waals surface area contributed by atoms with Crippen LogP contribution < -0.4 is 9.06 Å². The third-order valence-electron chi connectivity index (χ3n) is 7.07. The Hall–Kier alpha value is -1.88. The lowest BCUT2D eigenvalue weighted by molar-refractivity contribution is 1.32. The van der Waals surface area contributed by atoms with E-state index in [1.807, 2.05) is 91.5 Å². The van der Waals surface area contributed by atoms with Crippen molar-refractivity contribution in [3.8, 4) is 19.5 Å². The minimum absolute atomic E-state index is 0.406. The summed E-state index contributed by atoms with van der Waals surface area (Å²) in [5.74, 6) is 0. The molecule has 8 heteroatoms. The van der Waals surface area contributed by atoms with Gasteiger partial charge in [-0.2, -0.15) is 0 Å². The number of thiophene rings is 6. The number of hydrogen-bond acceptors (Lipinski definition) is 8. The van der Waals surface area contributed by atoms with Crippen molar-refractivity contribution in [2.45, 2.75) is 24.3 Å². The first kappa shape index (κ1) is 27.7. The standard InChI is InChI=1S/C34H24S8/c1-19-3-5-21(35-19)23-7-9-25(37-23)27-11-13-29(39-27)31-15-17-33(41-31)34-18-16-32(42-34)30-14-12-28(40-30)26-10-8-24(38-26)22-6-4-20(2)36-22/h3-18,27-28H,1-2H3/b31-29+,32-30+,34-33+. The molecule has 2 unspecified atom stereocenters. The fourth-order valence-electron chi connectivity index (χ4n) is 4.98. The van der Waals surface area contributed by atoms with Crippen molar-refractivity contribution in [1.82, 2.24) is 0 Å². The van der Waals surface area contributed by atoms with Gasteiger partial charge in [0.2, 0.25) is 0 Å². The van der Waals surface area contributed by atoms with Gasteiger partial charge in [0.15, 0.2) is 0 Å². The summed E-state index contributed by atoms with van der Waals surface area (Å²) in [6, 6.07) is 27.3. The molecule has 0 bridgehead atoms. The van der Waals surface area contributed by atoms with Crippen LogP contribution in [0.3, 0.4) is 0 Å². The maximum atomic E-state index is 2.37. The molecule has 8 rings (SSSR count). The second-order valence-corrected chi connectivity index (χ2v) is 19.4. The van der Waals surface area contributed by atoms with Crippen LogP contribution in [-0.4, -0.2) is 0 Å². The van der Waals surface area contributed by atoms with Crippen molar-refractivity contribution in [1.29, 1.82) is 0 Å². The summed E-state index contributed by atoms with van der Waals surface area (Å²) in [6.07, 6.45) is 9.38. The van der Waals surface area contributed by atoms with Gasteiger partial charge in [-0.3, -0.25) is 0 Å². The SMILES string of the molecule is Cc1ccc(-c2ccc(C3C=C/C(=c4/cc/c(=c5/cc/c(=C6/C=CC(c7ccc(-c8ccc(C)s8)s7)S6)s5)s4)S3)s2)s1. The van der Waals surface area contributed by atoms with Gasteiger partial charge in [-0.15, -0.1) is 91.5 Å². The molecule has 0 nitrogen and oxygen atoms in total. The highest BCUT2D eigenvalue weighted by atomic mass is 32.2. The Bertz CT molecular complexity index is 2050. The summed E-state index contributed by atoms with van der Waals surface area (Å²) in [5.41, 5.74) is 0. The highest BCUT2D eigenvalue weighted by Gasteiger charge is 2.21. The Morgan fingerprint density at radius 1 is 0.405 bits per heavy atom.